The summed E-state index contributed by atoms with van der Waals surface area (Å²) in [6.07, 6.45) is -1.08. The van der Waals surface area contributed by atoms with Gasteiger partial charge < -0.3 is 14.9 Å². The molecule has 4 rings (SSSR count). The van der Waals surface area contributed by atoms with E-state index in [9.17, 15) is 22.7 Å². The molecule has 2 N–H and O–H groups in total. The van der Waals surface area contributed by atoms with Gasteiger partial charge in [-0.15, -0.1) is 4.40 Å². The summed E-state index contributed by atoms with van der Waals surface area (Å²) >= 11 is 13.1. The average Bonchev–Trinajstić information content (AvgIpc) is 2.89. The Hall–Kier alpha value is -3.41. The Balaban J connectivity index is 1.83. The van der Waals surface area contributed by atoms with Gasteiger partial charge in [0, 0.05) is 31.2 Å². The van der Waals surface area contributed by atoms with E-state index in [1.54, 1.807) is 30.0 Å². The smallest absolute Gasteiger partial charge is 0.407 e. The molecule has 0 spiro atoms. The number of benzene rings is 2. The van der Waals surface area contributed by atoms with Gasteiger partial charge >= 0.3 is 16.3 Å². The van der Waals surface area contributed by atoms with Crippen molar-refractivity contribution in [2.24, 2.45) is 4.40 Å². The summed E-state index contributed by atoms with van der Waals surface area (Å²) in [7, 11) is -4.36. The fraction of sp³-hybridized carbons (Fsp3) is 0.296. The maximum Gasteiger partial charge on any atom is 0.407 e. The number of anilines is 1. The maximum atomic E-state index is 14.5. The van der Waals surface area contributed by atoms with Crippen molar-refractivity contribution in [3.8, 4) is 11.3 Å². The number of nitrogens with one attached hydrogen (secondary N) is 1. The minimum absolute atomic E-state index is 0.0320. The van der Waals surface area contributed by atoms with E-state index in [1.165, 1.54) is 29.2 Å². The molecule has 1 aliphatic rings. The lowest BCUT2D eigenvalue weighted by Gasteiger charge is -2.40. The summed E-state index contributed by atoms with van der Waals surface area (Å²) in [4.78, 5) is 18.7. The highest BCUT2D eigenvalue weighted by Crippen LogP contribution is 2.33. The lowest BCUT2D eigenvalue weighted by atomic mass is 10.0. The lowest BCUT2D eigenvalue weighted by Crippen LogP contribution is -2.55. The first-order valence-corrected chi connectivity index (χ1v) is 14.6. The quantitative estimate of drug-likeness (QED) is 0.198. The zero-order valence-corrected chi connectivity index (χ0v) is 24.3. The third-order valence-corrected chi connectivity index (χ3v) is 7.97. The number of carbonyl (C=O) groups is 1. The van der Waals surface area contributed by atoms with Crippen molar-refractivity contribution in [2.75, 3.05) is 24.4 Å². The van der Waals surface area contributed by atoms with Gasteiger partial charge in [-0.3, -0.25) is 4.72 Å². The van der Waals surface area contributed by atoms with Gasteiger partial charge in [0.05, 0.1) is 22.0 Å². The number of hydrogen-bond acceptors (Lipinski definition) is 4. The minimum Gasteiger partial charge on any atom is -0.465 e. The van der Waals surface area contributed by atoms with Crippen LogP contribution in [-0.4, -0.2) is 65.9 Å². The minimum atomic E-state index is -4.36. The van der Waals surface area contributed by atoms with E-state index in [1.807, 2.05) is 26.0 Å². The summed E-state index contributed by atoms with van der Waals surface area (Å²) in [5, 5.41) is 9.34. The van der Waals surface area contributed by atoms with E-state index in [4.69, 9.17) is 23.2 Å². The fourth-order valence-corrected chi connectivity index (χ4v) is 5.95. The van der Waals surface area contributed by atoms with Gasteiger partial charge in [-0.05, 0) is 42.7 Å². The monoisotopic (exact) mass is 607 g/mol. The molecule has 13 heteroatoms. The van der Waals surface area contributed by atoms with Crippen LogP contribution in [0.15, 0.2) is 59.0 Å². The molecular formula is C27H28Cl2FN5O4S. The van der Waals surface area contributed by atoms with E-state index >= 15 is 0 Å². The summed E-state index contributed by atoms with van der Waals surface area (Å²) in [5.41, 5.74) is 1.47. The number of para-hydroxylation sites is 1. The van der Waals surface area contributed by atoms with Crippen LogP contribution in [-0.2, 0) is 10.2 Å². The Morgan fingerprint density at radius 2 is 1.82 bits per heavy atom. The van der Waals surface area contributed by atoms with Crippen LogP contribution < -0.4 is 4.72 Å². The number of amides is 1. The molecule has 0 unspecified atom stereocenters. The molecule has 1 atom stereocenters. The third-order valence-electron chi connectivity index (χ3n) is 6.50. The molecule has 1 saturated heterocycles. The van der Waals surface area contributed by atoms with Gasteiger partial charge in [0.2, 0.25) is 0 Å². The highest BCUT2D eigenvalue weighted by atomic mass is 35.5. The molecule has 9 nitrogen and oxygen atoms in total. The first-order valence-electron chi connectivity index (χ1n) is 12.5. The van der Waals surface area contributed by atoms with Gasteiger partial charge in [0.25, 0.3) is 0 Å². The Morgan fingerprint density at radius 1 is 1.15 bits per heavy atom. The molecule has 2 aromatic carbocycles. The molecule has 1 fully saturated rings. The van der Waals surface area contributed by atoms with Crippen molar-refractivity contribution in [2.45, 2.75) is 32.7 Å². The number of piperazine rings is 1. The van der Waals surface area contributed by atoms with E-state index in [-0.39, 0.29) is 58.4 Å². The number of amidine groups is 1. The maximum absolute atomic E-state index is 14.5. The number of pyridine rings is 1. The van der Waals surface area contributed by atoms with Crippen LogP contribution in [0, 0.1) is 5.82 Å². The second-order valence-electron chi connectivity index (χ2n) is 9.64. The summed E-state index contributed by atoms with van der Waals surface area (Å²) in [6, 6.07) is 13.8. The number of carboxylic acid groups (broad SMARTS) is 1. The van der Waals surface area contributed by atoms with Crippen LogP contribution in [0.2, 0.25) is 10.2 Å². The lowest BCUT2D eigenvalue weighted by molar-refractivity contribution is 0.106. The molecule has 0 bridgehead atoms. The van der Waals surface area contributed by atoms with Crippen LogP contribution in [0.1, 0.15) is 37.8 Å². The Labute approximate surface area is 242 Å². The van der Waals surface area contributed by atoms with Crippen molar-refractivity contribution < 1.29 is 22.7 Å². The van der Waals surface area contributed by atoms with Gasteiger partial charge in [0.1, 0.15) is 11.0 Å². The van der Waals surface area contributed by atoms with Crippen LogP contribution in [0.3, 0.4) is 0 Å². The largest absolute Gasteiger partial charge is 0.465 e. The molecule has 2 heterocycles. The molecule has 1 aromatic heterocycles. The molecule has 3 aromatic rings. The highest BCUT2D eigenvalue weighted by molar-refractivity contribution is 7.91. The summed E-state index contributed by atoms with van der Waals surface area (Å²) in [6.45, 7) is 5.97. The van der Waals surface area contributed by atoms with Crippen molar-refractivity contribution in [1.29, 1.82) is 0 Å². The highest BCUT2D eigenvalue weighted by Gasteiger charge is 2.32. The predicted molar refractivity (Wildman–Crippen MR) is 155 cm³/mol. The first kappa shape index (κ1) is 29.6. The van der Waals surface area contributed by atoms with Crippen molar-refractivity contribution in [1.82, 2.24) is 14.8 Å². The number of rotatable bonds is 6. The zero-order chi connectivity index (χ0) is 29.2. The standard InChI is InChI=1S/C27H28Cl2FN5O4S/c1-16(2)18-8-5-7-11-23(18)32-40(38,39)33-26(35-13-12-34(27(36)37)15-17(35)3)20-14-21(28)24(31-25(20)29)19-9-4-6-10-22(19)30/h4-11,14,16-17,32H,12-13,15H2,1-3H3,(H,36,37)/b33-26-/t17-/m0/s1. The van der Waals surface area contributed by atoms with Crippen LogP contribution in [0.25, 0.3) is 11.3 Å². The van der Waals surface area contributed by atoms with E-state index in [0.29, 0.717) is 5.69 Å². The molecule has 212 valence electrons. The molecule has 40 heavy (non-hydrogen) atoms. The van der Waals surface area contributed by atoms with Gasteiger partial charge in [-0.2, -0.15) is 8.42 Å². The van der Waals surface area contributed by atoms with Crippen molar-refractivity contribution >= 4 is 51.0 Å². The fourth-order valence-electron chi connectivity index (χ4n) is 4.54. The zero-order valence-electron chi connectivity index (χ0n) is 22.0. The molecular weight excluding hydrogens is 580 g/mol. The second-order valence-corrected chi connectivity index (χ2v) is 11.7. The van der Waals surface area contributed by atoms with Crippen LogP contribution >= 0.6 is 23.2 Å². The topological polar surface area (TPSA) is 115 Å². The molecule has 1 amide bonds. The van der Waals surface area contributed by atoms with Crippen LogP contribution in [0.4, 0.5) is 14.9 Å². The van der Waals surface area contributed by atoms with Gasteiger partial charge in [-0.1, -0.05) is 67.4 Å². The molecule has 0 saturated carbocycles. The Kier molecular flexibility index (Phi) is 8.86. The second kappa shape index (κ2) is 12.0. The third kappa shape index (κ3) is 6.48. The Bertz CT molecular complexity index is 1570. The predicted octanol–water partition coefficient (Wildman–Crippen LogP) is 6.11. The van der Waals surface area contributed by atoms with Crippen LogP contribution in [0.5, 0.6) is 0 Å². The number of nitrogens with zero attached hydrogens (tertiary/aromatic N) is 4. The van der Waals surface area contributed by atoms with Crippen molar-refractivity contribution in [3.05, 3.63) is 81.7 Å². The first-order chi connectivity index (χ1) is 18.9. The number of halogens is 3. The number of aromatic nitrogens is 1. The average molecular weight is 609 g/mol. The van der Waals surface area contributed by atoms with E-state index < -0.39 is 28.2 Å². The summed E-state index contributed by atoms with van der Waals surface area (Å²) < 4.78 is 48.0. The van der Waals surface area contributed by atoms with E-state index in [0.717, 1.165) is 5.56 Å². The summed E-state index contributed by atoms with van der Waals surface area (Å²) in [5.74, 6) is -0.579. The molecule has 1 aliphatic heterocycles. The Morgan fingerprint density at radius 3 is 2.48 bits per heavy atom. The van der Waals surface area contributed by atoms with Gasteiger partial charge in [-0.25, -0.2) is 14.2 Å². The number of hydrogen-bond donors (Lipinski definition) is 2. The molecule has 0 radical (unpaired) electrons. The normalized spacial score (nSPS) is 16.4. The van der Waals surface area contributed by atoms with Crippen molar-refractivity contribution in [3.63, 3.8) is 0 Å². The molecule has 0 aliphatic carbocycles. The van der Waals surface area contributed by atoms with Gasteiger partial charge in [0.15, 0.2) is 5.84 Å². The SMILES string of the molecule is CC(C)c1ccccc1NS(=O)(=O)/N=C(/c1cc(Cl)c(-c2ccccc2F)nc1Cl)N1CCN(C(=O)O)C[C@@H]1C. The van der Waals surface area contributed by atoms with E-state index in [2.05, 4.69) is 14.1 Å².